The second-order valence-corrected chi connectivity index (χ2v) is 4.56. The van der Waals surface area contributed by atoms with E-state index in [0.717, 1.165) is 18.5 Å². The summed E-state index contributed by atoms with van der Waals surface area (Å²) in [6.07, 6.45) is 4.71. The molecule has 0 aliphatic carbocycles. The summed E-state index contributed by atoms with van der Waals surface area (Å²) in [5.74, 6) is 0.341. The second kappa shape index (κ2) is 3.14. The van der Waals surface area contributed by atoms with Gasteiger partial charge < -0.3 is 15.7 Å². The van der Waals surface area contributed by atoms with E-state index in [4.69, 9.17) is 5.73 Å². The van der Waals surface area contributed by atoms with Crippen molar-refractivity contribution >= 4 is 5.69 Å². The maximum atomic E-state index is 9.53. The SMILES string of the molecule is NC1CCC2CCc3ccc(O)cc3N12. The van der Waals surface area contributed by atoms with Crippen LogP contribution in [0.3, 0.4) is 0 Å². The molecule has 0 amide bonds. The van der Waals surface area contributed by atoms with Gasteiger partial charge >= 0.3 is 0 Å². The number of benzene rings is 1. The molecule has 0 aromatic heterocycles. The Morgan fingerprint density at radius 3 is 3.00 bits per heavy atom. The maximum absolute atomic E-state index is 9.53. The zero-order valence-electron chi connectivity index (χ0n) is 8.69. The topological polar surface area (TPSA) is 49.5 Å². The number of phenolic OH excluding ortho intramolecular Hbond substituents is 1. The van der Waals surface area contributed by atoms with Gasteiger partial charge in [-0.15, -0.1) is 0 Å². The predicted octanol–water partition coefficient (Wildman–Crippen LogP) is 1.59. The molecule has 1 fully saturated rings. The summed E-state index contributed by atoms with van der Waals surface area (Å²) < 4.78 is 0. The largest absolute Gasteiger partial charge is 0.508 e. The van der Waals surface area contributed by atoms with Gasteiger partial charge in [-0.1, -0.05) is 6.07 Å². The van der Waals surface area contributed by atoms with Gasteiger partial charge in [-0.3, -0.25) is 0 Å². The highest BCUT2D eigenvalue weighted by atomic mass is 16.3. The molecule has 0 radical (unpaired) electrons. The summed E-state index contributed by atoms with van der Waals surface area (Å²) in [5.41, 5.74) is 8.57. The van der Waals surface area contributed by atoms with E-state index < -0.39 is 0 Å². The molecule has 2 atom stereocenters. The van der Waals surface area contributed by atoms with Gasteiger partial charge in [0, 0.05) is 17.8 Å². The fourth-order valence-corrected chi connectivity index (χ4v) is 2.90. The highest BCUT2D eigenvalue weighted by Gasteiger charge is 2.35. The van der Waals surface area contributed by atoms with Gasteiger partial charge in [-0.25, -0.2) is 0 Å². The monoisotopic (exact) mass is 204 g/mol. The molecule has 1 aromatic carbocycles. The van der Waals surface area contributed by atoms with Crippen molar-refractivity contribution in [2.75, 3.05) is 4.90 Å². The van der Waals surface area contributed by atoms with Gasteiger partial charge in [-0.2, -0.15) is 0 Å². The molecule has 0 saturated carbocycles. The first-order chi connectivity index (χ1) is 7.25. The normalized spacial score (nSPS) is 28.7. The molecule has 3 N–H and O–H groups in total. The van der Waals surface area contributed by atoms with Crippen LogP contribution < -0.4 is 10.6 Å². The van der Waals surface area contributed by atoms with Crippen molar-refractivity contribution in [3.8, 4) is 5.75 Å². The number of hydrogen-bond donors (Lipinski definition) is 2. The molecule has 0 bridgehead atoms. The average Bonchev–Trinajstić information content (AvgIpc) is 2.60. The van der Waals surface area contributed by atoms with Gasteiger partial charge in [0.05, 0.1) is 6.17 Å². The van der Waals surface area contributed by atoms with Crippen molar-refractivity contribution in [2.45, 2.75) is 37.9 Å². The van der Waals surface area contributed by atoms with E-state index in [1.807, 2.05) is 12.1 Å². The van der Waals surface area contributed by atoms with E-state index in [2.05, 4.69) is 4.90 Å². The van der Waals surface area contributed by atoms with Crippen LogP contribution in [0.15, 0.2) is 18.2 Å². The summed E-state index contributed by atoms with van der Waals surface area (Å²) in [6, 6.07) is 6.23. The minimum atomic E-state index is 0.135. The minimum absolute atomic E-state index is 0.135. The molecule has 3 rings (SSSR count). The highest BCUT2D eigenvalue weighted by Crippen LogP contribution is 2.39. The number of nitrogens with zero attached hydrogens (tertiary/aromatic N) is 1. The van der Waals surface area contributed by atoms with E-state index >= 15 is 0 Å². The lowest BCUT2D eigenvalue weighted by molar-refractivity contribution is 0.473. The summed E-state index contributed by atoms with van der Waals surface area (Å²) in [7, 11) is 0. The first-order valence-corrected chi connectivity index (χ1v) is 5.61. The molecule has 3 heteroatoms. The van der Waals surface area contributed by atoms with Gasteiger partial charge in [-0.05, 0) is 37.3 Å². The second-order valence-electron chi connectivity index (χ2n) is 4.56. The maximum Gasteiger partial charge on any atom is 0.117 e. The Morgan fingerprint density at radius 2 is 2.13 bits per heavy atom. The van der Waals surface area contributed by atoms with Crippen LogP contribution in [0.2, 0.25) is 0 Å². The number of fused-ring (bicyclic) bond motifs is 3. The molecule has 1 saturated heterocycles. The molecule has 2 heterocycles. The third-order valence-corrected chi connectivity index (χ3v) is 3.64. The van der Waals surface area contributed by atoms with Crippen LogP contribution in [-0.2, 0) is 6.42 Å². The van der Waals surface area contributed by atoms with E-state index in [0.29, 0.717) is 11.8 Å². The average molecular weight is 204 g/mol. The van der Waals surface area contributed by atoms with Crippen LogP contribution in [0.1, 0.15) is 24.8 Å². The van der Waals surface area contributed by atoms with Crippen LogP contribution in [0.5, 0.6) is 5.75 Å². The fraction of sp³-hybridized carbons (Fsp3) is 0.500. The number of nitrogens with two attached hydrogens (primary N) is 1. The Morgan fingerprint density at radius 1 is 1.27 bits per heavy atom. The summed E-state index contributed by atoms with van der Waals surface area (Å²) >= 11 is 0. The van der Waals surface area contributed by atoms with Crippen molar-refractivity contribution < 1.29 is 5.11 Å². The Balaban J connectivity index is 2.08. The summed E-state index contributed by atoms with van der Waals surface area (Å²) in [6.45, 7) is 0. The van der Waals surface area contributed by atoms with Crippen LogP contribution >= 0.6 is 0 Å². The lowest BCUT2D eigenvalue weighted by atomic mass is 9.96. The van der Waals surface area contributed by atoms with Gasteiger partial charge in [0.2, 0.25) is 0 Å². The van der Waals surface area contributed by atoms with Crippen molar-refractivity contribution in [1.82, 2.24) is 0 Å². The van der Waals surface area contributed by atoms with Crippen LogP contribution in [-0.4, -0.2) is 17.3 Å². The standard InChI is InChI=1S/C12H16N2O/c13-12-6-4-9-3-1-8-2-5-10(15)7-11(8)14(9)12/h2,5,7,9,12,15H,1,3-4,6,13H2. The summed E-state index contributed by atoms with van der Waals surface area (Å²) in [5, 5.41) is 9.53. The third kappa shape index (κ3) is 1.30. The number of anilines is 1. The summed E-state index contributed by atoms with van der Waals surface area (Å²) in [4.78, 5) is 2.29. The van der Waals surface area contributed by atoms with E-state index in [1.165, 1.54) is 18.4 Å². The molecule has 0 spiro atoms. The quantitative estimate of drug-likeness (QED) is 0.674. The van der Waals surface area contributed by atoms with Crippen molar-refractivity contribution in [3.63, 3.8) is 0 Å². The van der Waals surface area contributed by atoms with Gasteiger partial charge in [0.1, 0.15) is 5.75 Å². The van der Waals surface area contributed by atoms with Crippen LogP contribution in [0.4, 0.5) is 5.69 Å². The molecule has 1 aromatic rings. The smallest absolute Gasteiger partial charge is 0.117 e. The Kier molecular flexibility index (Phi) is 1.89. The van der Waals surface area contributed by atoms with Gasteiger partial charge in [0.15, 0.2) is 0 Å². The number of rotatable bonds is 0. The van der Waals surface area contributed by atoms with Crippen LogP contribution in [0, 0.1) is 0 Å². The Labute approximate surface area is 89.5 Å². The third-order valence-electron chi connectivity index (χ3n) is 3.64. The highest BCUT2D eigenvalue weighted by molar-refractivity contribution is 5.60. The molecule has 3 nitrogen and oxygen atoms in total. The Hall–Kier alpha value is -1.22. The fourth-order valence-electron chi connectivity index (χ4n) is 2.90. The Bertz CT molecular complexity index is 391. The molecular formula is C12H16N2O. The van der Waals surface area contributed by atoms with E-state index in [1.54, 1.807) is 6.07 Å². The van der Waals surface area contributed by atoms with E-state index in [-0.39, 0.29) is 6.17 Å². The lowest BCUT2D eigenvalue weighted by Gasteiger charge is -2.36. The zero-order chi connectivity index (χ0) is 10.4. The zero-order valence-corrected chi connectivity index (χ0v) is 8.69. The molecule has 80 valence electrons. The van der Waals surface area contributed by atoms with Crippen LogP contribution in [0.25, 0.3) is 0 Å². The van der Waals surface area contributed by atoms with Crippen molar-refractivity contribution in [1.29, 1.82) is 0 Å². The minimum Gasteiger partial charge on any atom is -0.508 e. The first-order valence-electron chi connectivity index (χ1n) is 5.61. The number of phenols is 1. The number of hydrogen-bond acceptors (Lipinski definition) is 3. The molecule has 2 aliphatic heterocycles. The lowest BCUT2D eigenvalue weighted by Crippen LogP contribution is -2.44. The number of aryl methyl sites for hydroxylation is 1. The predicted molar refractivity (Wildman–Crippen MR) is 59.9 cm³/mol. The van der Waals surface area contributed by atoms with Crippen molar-refractivity contribution in [2.24, 2.45) is 5.73 Å². The first kappa shape index (κ1) is 9.04. The molecular weight excluding hydrogens is 188 g/mol. The number of aromatic hydroxyl groups is 1. The van der Waals surface area contributed by atoms with Crippen molar-refractivity contribution in [3.05, 3.63) is 23.8 Å². The molecule has 2 aliphatic rings. The van der Waals surface area contributed by atoms with E-state index in [9.17, 15) is 5.11 Å². The molecule has 15 heavy (non-hydrogen) atoms. The molecule has 2 unspecified atom stereocenters. The van der Waals surface area contributed by atoms with Gasteiger partial charge in [0.25, 0.3) is 0 Å².